The highest BCUT2D eigenvalue weighted by molar-refractivity contribution is 5.61. The van der Waals surface area contributed by atoms with Crippen molar-refractivity contribution in [3.05, 3.63) is 66.5 Å². The van der Waals surface area contributed by atoms with E-state index in [-0.39, 0.29) is 0 Å². The predicted molar refractivity (Wildman–Crippen MR) is 98.1 cm³/mol. The molecule has 0 aliphatic carbocycles. The highest BCUT2D eigenvalue weighted by Crippen LogP contribution is 2.23. The molecule has 4 aromatic rings. The van der Waals surface area contributed by atoms with Crippen LogP contribution in [0.1, 0.15) is 11.4 Å². The number of hydrogen-bond donors (Lipinski definition) is 0. The van der Waals surface area contributed by atoms with Crippen LogP contribution in [0.25, 0.3) is 11.3 Å². The predicted octanol–water partition coefficient (Wildman–Crippen LogP) is 2.76. The molecule has 3 heterocycles. The molecular weight excluding hydrogens is 344 g/mol. The van der Waals surface area contributed by atoms with Gasteiger partial charge in [0.05, 0.1) is 18.6 Å². The van der Waals surface area contributed by atoms with Crippen LogP contribution in [-0.4, -0.2) is 36.3 Å². The quantitative estimate of drug-likeness (QED) is 0.478. The third-order valence-electron chi connectivity index (χ3n) is 4.31. The summed E-state index contributed by atoms with van der Waals surface area (Å²) in [6, 6.07) is 12.1. The Hall–Kier alpha value is -3.42. The van der Waals surface area contributed by atoms with Crippen LogP contribution < -0.4 is 4.74 Å². The average molecular weight is 364 g/mol. The number of benzene rings is 1. The highest BCUT2D eigenvalue weighted by atomic mass is 16.6. The van der Waals surface area contributed by atoms with E-state index in [1.807, 2.05) is 41.5 Å². The number of ether oxygens (including phenoxy) is 1. The fraction of sp³-hybridized carbons (Fsp3) is 0.263. The fourth-order valence-corrected chi connectivity index (χ4v) is 2.95. The number of aromatic nitrogens is 6. The number of hydrogen-bond acceptors (Lipinski definition) is 6. The molecule has 0 amide bonds. The Bertz CT molecular complexity index is 975. The first-order valence-electron chi connectivity index (χ1n) is 8.80. The number of nitrogens with zero attached hydrogens (tertiary/aromatic N) is 6. The monoisotopic (exact) mass is 364 g/mol. The van der Waals surface area contributed by atoms with Crippen molar-refractivity contribution >= 4 is 0 Å². The molecular formula is C19H20N6O2. The van der Waals surface area contributed by atoms with E-state index in [2.05, 4.69) is 41.7 Å². The Morgan fingerprint density at radius 3 is 2.70 bits per heavy atom. The van der Waals surface area contributed by atoms with Crippen molar-refractivity contribution in [2.24, 2.45) is 0 Å². The lowest BCUT2D eigenvalue weighted by Gasteiger charge is -2.11. The Labute approximate surface area is 156 Å². The summed E-state index contributed by atoms with van der Waals surface area (Å²) < 4.78 is 14.4. The van der Waals surface area contributed by atoms with Gasteiger partial charge in [0, 0.05) is 36.6 Å². The SMILES string of the molecule is Cc1nonc1OCCn1cnc(-c2ccccc2)c1CCn1cccn1. The summed E-state index contributed by atoms with van der Waals surface area (Å²) in [5, 5.41) is 11.8. The summed E-state index contributed by atoms with van der Waals surface area (Å²) >= 11 is 0. The van der Waals surface area contributed by atoms with E-state index in [9.17, 15) is 0 Å². The number of rotatable bonds is 8. The molecule has 4 rings (SSSR count). The van der Waals surface area contributed by atoms with E-state index < -0.39 is 0 Å². The molecule has 1 aromatic carbocycles. The fourth-order valence-electron chi connectivity index (χ4n) is 2.95. The van der Waals surface area contributed by atoms with Crippen LogP contribution in [0.3, 0.4) is 0 Å². The molecule has 0 N–H and O–H groups in total. The first-order chi connectivity index (χ1) is 13.3. The van der Waals surface area contributed by atoms with Crippen LogP contribution >= 0.6 is 0 Å². The van der Waals surface area contributed by atoms with Gasteiger partial charge in [-0.1, -0.05) is 35.5 Å². The molecule has 0 atom stereocenters. The molecule has 0 saturated carbocycles. The Morgan fingerprint density at radius 2 is 1.96 bits per heavy atom. The van der Waals surface area contributed by atoms with Crippen molar-refractivity contribution < 1.29 is 9.37 Å². The smallest absolute Gasteiger partial charge is 0.278 e. The second-order valence-corrected chi connectivity index (χ2v) is 6.12. The van der Waals surface area contributed by atoms with Crippen LogP contribution in [0.15, 0.2) is 59.7 Å². The molecule has 0 bridgehead atoms. The summed E-state index contributed by atoms with van der Waals surface area (Å²) in [7, 11) is 0. The number of aryl methyl sites for hydroxylation is 2. The lowest BCUT2D eigenvalue weighted by atomic mass is 10.1. The van der Waals surface area contributed by atoms with E-state index in [1.165, 1.54) is 0 Å². The van der Waals surface area contributed by atoms with Gasteiger partial charge >= 0.3 is 0 Å². The summed E-state index contributed by atoms with van der Waals surface area (Å²) in [5.74, 6) is 0.427. The van der Waals surface area contributed by atoms with Crippen molar-refractivity contribution in [3.8, 4) is 17.1 Å². The lowest BCUT2D eigenvalue weighted by molar-refractivity contribution is 0.246. The summed E-state index contributed by atoms with van der Waals surface area (Å²) in [6.07, 6.45) is 6.43. The molecule has 0 aliphatic heterocycles. The Morgan fingerprint density at radius 1 is 1.07 bits per heavy atom. The summed E-state index contributed by atoms with van der Waals surface area (Å²) in [5.41, 5.74) is 3.88. The summed E-state index contributed by atoms with van der Waals surface area (Å²) in [6.45, 7) is 3.69. The zero-order valence-electron chi connectivity index (χ0n) is 15.0. The topological polar surface area (TPSA) is 83.8 Å². The van der Waals surface area contributed by atoms with Crippen molar-refractivity contribution in [3.63, 3.8) is 0 Å². The Balaban J connectivity index is 1.52. The van der Waals surface area contributed by atoms with Gasteiger partial charge in [-0.3, -0.25) is 4.68 Å². The van der Waals surface area contributed by atoms with Crippen molar-refractivity contribution in [1.82, 2.24) is 29.6 Å². The molecule has 0 fully saturated rings. The molecule has 27 heavy (non-hydrogen) atoms. The van der Waals surface area contributed by atoms with E-state index in [4.69, 9.17) is 4.74 Å². The van der Waals surface area contributed by atoms with Gasteiger partial charge in [0.15, 0.2) is 0 Å². The molecule has 8 heteroatoms. The van der Waals surface area contributed by atoms with Gasteiger partial charge in [-0.15, -0.1) is 0 Å². The molecule has 0 radical (unpaired) electrons. The molecule has 0 spiro atoms. The van der Waals surface area contributed by atoms with Crippen LogP contribution in [0, 0.1) is 6.92 Å². The minimum absolute atomic E-state index is 0.427. The third-order valence-corrected chi connectivity index (χ3v) is 4.31. The second-order valence-electron chi connectivity index (χ2n) is 6.12. The molecule has 0 aliphatic rings. The van der Waals surface area contributed by atoms with Gasteiger partial charge in [-0.25, -0.2) is 9.61 Å². The van der Waals surface area contributed by atoms with Gasteiger partial charge in [0.1, 0.15) is 12.3 Å². The normalized spacial score (nSPS) is 11.0. The zero-order valence-corrected chi connectivity index (χ0v) is 15.0. The van der Waals surface area contributed by atoms with Crippen LogP contribution in [-0.2, 0) is 19.5 Å². The highest BCUT2D eigenvalue weighted by Gasteiger charge is 2.14. The van der Waals surface area contributed by atoms with E-state index in [1.54, 1.807) is 13.1 Å². The molecule has 0 saturated heterocycles. The first kappa shape index (κ1) is 17.0. The van der Waals surface area contributed by atoms with Crippen molar-refractivity contribution in [2.45, 2.75) is 26.4 Å². The molecule has 0 unspecified atom stereocenters. The first-order valence-corrected chi connectivity index (χ1v) is 8.80. The van der Waals surface area contributed by atoms with Gasteiger partial charge < -0.3 is 9.30 Å². The second kappa shape index (κ2) is 7.86. The standard InChI is InChI=1S/C19H20N6O2/c1-15-19(23-27-22-15)26-13-12-24-14-20-18(16-6-3-2-4-7-16)17(24)8-11-25-10-5-9-21-25/h2-7,9-10,14H,8,11-13H2,1H3. The van der Waals surface area contributed by atoms with Gasteiger partial charge in [0.25, 0.3) is 5.88 Å². The minimum atomic E-state index is 0.427. The molecule has 8 nitrogen and oxygen atoms in total. The van der Waals surface area contributed by atoms with Crippen LogP contribution in [0.4, 0.5) is 0 Å². The van der Waals surface area contributed by atoms with Gasteiger partial charge in [0.2, 0.25) is 0 Å². The van der Waals surface area contributed by atoms with Gasteiger partial charge in [-0.2, -0.15) is 5.10 Å². The minimum Gasteiger partial charge on any atom is -0.472 e. The van der Waals surface area contributed by atoms with Crippen LogP contribution in [0.2, 0.25) is 0 Å². The van der Waals surface area contributed by atoms with E-state index in [0.29, 0.717) is 24.7 Å². The third kappa shape index (κ3) is 3.89. The Kier molecular flexibility index (Phi) is 4.95. The molecule has 138 valence electrons. The average Bonchev–Trinajstić information content (AvgIpc) is 3.43. The maximum absolute atomic E-state index is 5.67. The maximum Gasteiger partial charge on any atom is 0.278 e. The van der Waals surface area contributed by atoms with Gasteiger partial charge in [-0.05, 0) is 18.1 Å². The van der Waals surface area contributed by atoms with E-state index in [0.717, 1.165) is 29.9 Å². The van der Waals surface area contributed by atoms with Crippen molar-refractivity contribution in [2.75, 3.05) is 6.61 Å². The summed E-state index contributed by atoms with van der Waals surface area (Å²) in [4.78, 5) is 4.65. The maximum atomic E-state index is 5.67. The largest absolute Gasteiger partial charge is 0.472 e. The van der Waals surface area contributed by atoms with E-state index >= 15 is 0 Å². The van der Waals surface area contributed by atoms with Crippen molar-refractivity contribution in [1.29, 1.82) is 0 Å². The zero-order chi connectivity index (χ0) is 18.5. The van der Waals surface area contributed by atoms with Crippen LogP contribution in [0.5, 0.6) is 5.88 Å². The lowest BCUT2D eigenvalue weighted by Crippen LogP contribution is -2.13. The molecule has 3 aromatic heterocycles. The number of imidazole rings is 1.